The number of aliphatic carboxylic acids is 1. The third-order valence-electron chi connectivity index (χ3n) is 3.87. The normalized spacial score (nSPS) is 11.4. The van der Waals surface area contributed by atoms with E-state index in [1.54, 1.807) is 43.4 Å². The summed E-state index contributed by atoms with van der Waals surface area (Å²) in [5, 5.41) is 16.8. The first-order chi connectivity index (χ1) is 14.3. The third kappa shape index (κ3) is 4.97. The van der Waals surface area contributed by atoms with Gasteiger partial charge in [0, 0.05) is 37.9 Å². The Balaban J connectivity index is 1.87. The summed E-state index contributed by atoms with van der Waals surface area (Å²) in [4.78, 5) is 17.9. The number of aromatic amines is 1. The lowest BCUT2D eigenvalue weighted by molar-refractivity contribution is -0.131. The summed E-state index contributed by atoms with van der Waals surface area (Å²) < 4.78 is 16.9. The molecule has 0 aliphatic carbocycles. The van der Waals surface area contributed by atoms with E-state index in [2.05, 4.69) is 31.1 Å². The van der Waals surface area contributed by atoms with Crippen molar-refractivity contribution in [1.29, 1.82) is 0 Å². The Kier molecular flexibility index (Phi) is 6.73. The average molecular weight is 495 g/mol. The van der Waals surface area contributed by atoms with Crippen molar-refractivity contribution in [2.75, 3.05) is 33.2 Å². The van der Waals surface area contributed by atoms with Crippen LogP contribution in [-0.2, 0) is 4.79 Å². The van der Waals surface area contributed by atoms with Gasteiger partial charge in [0.2, 0.25) is 11.0 Å². The van der Waals surface area contributed by atoms with E-state index in [-0.39, 0.29) is 10.1 Å². The van der Waals surface area contributed by atoms with Crippen LogP contribution in [0.2, 0.25) is 0 Å². The van der Waals surface area contributed by atoms with E-state index in [9.17, 15) is 9.90 Å². The number of H-pyrrole nitrogens is 1. The van der Waals surface area contributed by atoms with Crippen molar-refractivity contribution in [1.82, 2.24) is 15.2 Å². The molecule has 3 rings (SSSR count). The Morgan fingerprint density at radius 1 is 1.23 bits per heavy atom. The van der Waals surface area contributed by atoms with Crippen molar-refractivity contribution >= 4 is 45.6 Å². The fourth-order valence-corrected chi connectivity index (χ4v) is 3.83. The van der Waals surface area contributed by atoms with Crippen molar-refractivity contribution in [2.24, 2.45) is 0 Å². The molecular weight excluding hydrogens is 476 g/mol. The summed E-state index contributed by atoms with van der Waals surface area (Å²) >= 11 is 4.30. The summed E-state index contributed by atoms with van der Waals surface area (Å²) in [7, 11) is 6.76. The van der Waals surface area contributed by atoms with Crippen molar-refractivity contribution in [3.8, 4) is 22.9 Å². The quantitative estimate of drug-likeness (QED) is 0.352. The molecule has 0 aliphatic heterocycles. The number of carbonyl (C=O) groups is 1. The number of hydrogen-bond donors (Lipinski definition) is 2. The van der Waals surface area contributed by atoms with Crippen molar-refractivity contribution in [3.05, 3.63) is 39.4 Å². The van der Waals surface area contributed by atoms with Gasteiger partial charge in [-0.3, -0.25) is 5.10 Å². The number of carboxylic acids is 1. The van der Waals surface area contributed by atoms with Crippen molar-refractivity contribution in [2.45, 2.75) is 5.16 Å². The average Bonchev–Trinajstić information content (AvgIpc) is 3.33. The molecule has 0 aliphatic rings. The highest BCUT2D eigenvalue weighted by Gasteiger charge is 2.17. The van der Waals surface area contributed by atoms with E-state index in [0.29, 0.717) is 34.5 Å². The van der Waals surface area contributed by atoms with Gasteiger partial charge in [-0.25, -0.2) is 9.78 Å². The van der Waals surface area contributed by atoms with Crippen LogP contribution in [0.5, 0.6) is 11.5 Å². The lowest BCUT2D eigenvalue weighted by atomic mass is 10.2. The Labute approximate surface area is 185 Å². The van der Waals surface area contributed by atoms with E-state index in [4.69, 9.17) is 13.9 Å². The number of hydrogen-bond acceptors (Lipinski definition) is 8. The molecule has 0 spiro atoms. The highest BCUT2D eigenvalue weighted by atomic mass is 79.9. The molecule has 0 saturated carbocycles. The second-order valence-corrected chi connectivity index (χ2v) is 8.04. The lowest BCUT2D eigenvalue weighted by Crippen LogP contribution is -2.07. The van der Waals surface area contributed by atoms with Crippen LogP contribution in [0.25, 0.3) is 17.5 Å². The van der Waals surface area contributed by atoms with Gasteiger partial charge in [0.1, 0.15) is 22.2 Å². The summed E-state index contributed by atoms with van der Waals surface area (Å²) in [6.45, 7) is 0. The predicted octanol–water partition coefficient (Wildman–Crippen LogP) is 4.13. The molecule has 0 bridgehead atoms. The Morgan fingerprint density at radius 2 is 1.90 bits per heavy atom. The summed E-state index contributed by atoms with van der Waals surface area (Å²) in [6, 6.07) is 6.98. The van der Waals surface area contributed by atoms with Crippen LogP contribution < -0.4 is 14.4 Å². The van der Waals surface area contributed by atoms with Gasteiger partial charge in [-0.2, -0.15) is 0 Å². The monoisotopic (exact) mass is 494 g/mol. The number of rotatable bonds is 8. The molecule has 0 radical (unpaired) electrons. The molecule has 0 saturated heterocycles. The lowest BCUT2D eigenvalue weighted by Gasteiger charge is -2.07. The number of carboxylic acid groups (broad SMARTS) is 1. The summed E-state index contributed by atoms with van der Waals surface area (Å²) in [5.41, 5.74) is 0.692. The topological polar surface area (TPSA) is 114 Å². The molecule has 158 valence electrons. The summed E-state index contributed by atoms with van der Waals surface area (Å²) in [5.74, 6) is 1.51. The third-order valence-corrected chi connectivity index (χ3v) is 5.31. The van der Waals surface area contributed by atoms with Gasteiger partial charge in [-0.15, -0.1) is 5.10 Å². The highest BCUT2D eigenvalue weighted by molar-refractivity contribution is 9.10. The maximum atomic E-state index is 11.7. The summed E-state index contributed by atoms with van der Waals surface area (Å²) in [6.07, 6.45) is 1.43. The van der Waals surface area contributed by atoms with Crippen LogP contribution >= 0.6 is 27.7 Å². The largest absolute Gasteiger partial charge is 0.497 e. The van der Waals surface area contributed by atoms with Crippen LogP contribution in [0.4, 0.5) is 5.88 Å². The molecule has 2 aromatic heterocycles. The molecule has 11 heteroatoms. The Bertz CT molecular complexity index is 1070. The maximum absolute atomic E-state index is 11.7. The molecule has 0 atom stereocenters. The first-order valence-electron chi connectivity index (χ1n) is 8.56. The maximum Gasteiger partial charge on any atom is 0.342 e. The van der Waals surface area contributed by atoms with E-state index >= 15 is 0 Å². The number of methoxy groups -OCH3 is 2. The molecule has 0 fully saturated rings. The van der Waals surface area contributed by atoms with Crippen LogP contribution in [0.3, 0.4) is 0 Å². The SMILES string of the molecule is COc1cc(OC)cc(-c2nc(S/C(=C\c3cc(Br)c(N(C)C)o3)C(=O)O)n[nH]2)c1. The smallest absolute Gasteiger partial charge is 0.342 e. The molecular formula is C19H19BrN4O5S. The van der Waals surface area contributed by atoms with Crippen LogP contribution in [0.15, 0.2) is 43.2 Å². The minimum Gasteiger partial charge on any atom is -0.497 e. The predicted molar refractivity (Wildman–Crippen MR) is 117 cm³/mol. The van der Waals surface area contributed by atoms with Crippen molar-refractivity contribution in [3.63, 3.8) is 0 Å². The number of anilines is 1. The van der Waals surface area contributed by atoms with Crippen LogP contribution in [0, 0.1) is 0 Å². The number of nitrogens with one attached hydrogen (secondary N) is 1. The first kappa shape index (κ1) is 21.8. The van der Waals surface area contributed by atoms with Gasteiger partial charge in [-0.1, -0.05) is 0 Å². The molecule has 0 unspecified atom stereocenters. The second-order valence-electron chi connectivity index (χ2n) is 6.18. The van der Waals surface area contributed by atoms with Crippen LogP contribution in [-0.4, -0.2) is 54.6 Å². The first-order valence-corrected chi connectivity index (χ1v) is 10.2. The number of nitrogens with zero attached hydrogens (tertiary/aromatic N) is 3. The minimum atomic E-state index is -1.12. The number of aromatic nitrogens is 3. The van der Waals surface area contributed by atoms with Gasteiger partial charge in [0.15, 0.2) is 5.82 Å². The van der Waals surface area contributed by atoms with E-state index < -0.39 is 5.97 Å². The van der Waals surface area contributed by atoms with Gasteiger partial charge < -0.3 is 23.9 Å². The van der Waals surface area contributed by atoms with Gasteiger partial charge >= 0.3 is 5.97 Å². The van der Waals surface area contributed by atoms with Gasteiger partial charge in [-0.05, 0) is 39.8 Å². The zero-order chi connectivity index (χ0) is 21.8. The molecule has 9 nitrogen and oxygen atoms in total. The van der Waals surface area contributed by atoms with E-state index in [1.807, 2.05) is 14.1 Å². The van der Waals surface area contributed by atoms with E-state index in [0.717, 1.165) is 16.2 Å². The van der Waals surface area contributed by atoms with Crippen LogP contribution in [0.1, 0.15) is 5.76 Å². The zero-order valence-corrected chi connectivity index (χ0v) is 19.0. The molecule has 2 heterocycles. The molecule has 3 aromatic rings. The standard InChI is InChI=1S/C19H19BrN4O5S/c1-24(2)17-14(20)8-13(29-17)9-15(18(25)26)30-19-21-16(22-23-19)10-5-11(27-3)7-12(6-10)28-4/h5-9H,1-4H3,(H,25,26)(H,21,22,23)/b15-9-. The molecule has 0 amide bonds. The number of ether oxygens (including phenoxy) is 2. The molecule has 2 N–H and O–H groups in total. The Hall–Kier alpha value is -2.92. The molecule has 1 aromatic carbocycles. The Morgan fingerprint density at radius 3 is 2.43 bits per heavy atom. The number of thioether (sulfide) groups is 1. The van der Waals surface area contributed by atoms with Gasteiger partial charge in [0.25, 0.3) is 0 Å². The second kappa shape index (κ2) is 9.26. The van der Waals surface area contributed by atoms with E-state index in [1.165, 1.54) is 6.08 Å². The van der Waals surface area contributed by atoms with Gasteiger partial charge in [0.05, 0.1) is 18.7 Å². The number of halogens is 1. The minimum absolute atomic E-state index is 0.00956. The fraction of sp³-hybridized carbons (Fsp3) is 0.211. The molecule has 30 heavy (non-hydrogen) atoms. The fourth-order valence-electron chi connectivity index (χ4n) is 2.48. The number of benzene rings is 1. The zero-order valence-electron chi connectivity index (χ0n) is 16.6. The van der Waals surface area contributed by atoms with Crippen molar-refractivity contribution < 1.29 is 23.8 Å². The number of furan rings is 1. The highest BCUT2D eigenvalue weighted by Crippen LogP contribution is 2.33.